The Kier molecular flexibility index (Phi) is 4.59. The number of halogens is 3. The van der Waals surface area contributed by atoms with Gasteiger partial charge in [-0.15, -0.1) is 0 Å². The van der Waals surface area contributed by atoms with Crippen molar-refractivity contribution in [3.8, 4) is 11.5 Å². The van der Waals surface area contributed by atoms with Crippen LogP contribution >= 0.6 is 0 Å². The van der Waals surface area contributed by atoms with E-state index in [-0.39, 0.29) is 16.9 Å². The first-order valence-corrected chi connectivity index (χ1v) is 7.38. The summed E-state index contributed by atoms with van der Waals surface area (Å²) in [7, 11) is 0. The fourth-order valence-electron chi connectivity index (χ4n) is 2.12. The van der Waals surface area contributed by atoms with Gasteiger partial charge in [0.05, 0.1) is 11.3 Å². The van der Waals surface area contributed by atoms with E-state index in [9.17, 15) is 13.2 Å². The van der Waals surface area contributed by atoms with Crippen molar-refractivity contribution in [1.29, 1.82) is 0 Å². The fourth-order valence-corrected chi connectivity index (χ4v) is 2.12. The number of ether oxygens (including phenoxy) is 1. The summed E-state index contributed by atoms with van der Waals surface area (Å²) in [6.45, 7) is 6.42. The van der Waals surface area contributed by atoms with E-state index in [1.165, 1.54) is 11.6 Å². The highest BCUT2D eigenvalue weighted by Crippen LogP contribution is 2.36. The molecule has 0 unspecified atom stereocenters. The van der Waals surface area contributed by atoms with Crippen LogP contribution in [0.4, 0.5) is 18.9 Å². The summed E-state index contributed by atoms with van der Waals surface area (Å²) in [5.74, 6) is 0.743. The Labute approximate surface area is 134 Å². The maximum atomic E-state index is 12.6. The molecule has 0 aromatic heterocycles. The maximum Gasteiger partial charge on any atom is 0.416 e. The van der Waals surface area contributed by atoms with Gasteiger partial charge >= 0.3 is 6.18 Å². The molecule has 0 saturated carbocycles. The number of hydrogen-bond acceptors (Lipinski definition) is 2. The van der Waals surface area contributed by atoms with Gasteiger partial charge in [-0.1, -0.05) is 32.9 Å². The Morgan fingerprint density at radius 3 is 2.00 bits per heavy atom. The van der Waals surface area contributed by atoms with Crippen LogP contribution in [0.15, 0.2) is 42.5 Å². The summed E-state index contributed by atoms with van der Waals surface area (Å²) in [6, 6.07) is 10.6. The molecule has 5 heteroatoms. The zero-order chi connectivity index (χ0) is 17.3. The highest BCUT2D eigenvalue weighted by Gasteiger charge is 2.31. The van der Waals surface area contributed by atoms with E-state index < -0.39 is 11.7 Å². The number of alkyl halides is 3. The van der Waals surface area contributed by atoms with Gasteiger partial charge < -0.3 is 10.5 Å². The average molecular weight is 323 g/mol. The van der Waals surface area contributed by atoms with Crippen molar-refractivity contribution in [3.05, 3.63) is 53.6 Å². The summed E-state index contributed by atoms with van der Waals surface area (Å²) in [4.78, 5) is 0. The first kappa shape index (κ1) is 17.2. The van der Waals surface area contributed by atoms with E-state index in [1.54, 1.807) is 12.1 Å². The molecular weight excluding hydrogens is 303 g/mol. The number of nitrogen functional groups attached to an aromatic ring is 1. The third-order valence-electron chi connectivity index (χ3n) is 4.08. The van der Waals surface area contributed by atoms with Gasteiger partial charge in [0.25, 0.3) is 0 Å². The fraction of sp³-hybridized carbons (Fsp3) is 0.333. The van der Waals surface area contributed by atoms with Gasteiger partial charge in [0.2, 0.25) is 0 Å². The first-order chi connectivity index (χ1) is 10.6. The van der Waals surface area contributed by atoms with Gasteiger partial charge in [-0.05, 0) is 47.7 Å². The van der Waals surface area contributed by atoms with Crippen LogP contribution in [0, 0.1) is 0 Å². The molecule has 23 heavy (non-hydrogen) atoms. The number of anilines is 1. The summed E-state index contributed by atoms with van der Waals surface area (Å²) in [5, 5.41) is 0. The second kappa shape index (κ2) is 6.14. The predicted molar refractivity (Wildman–Crippen MR) is 85.7 cm³/mol. The molecule has 2 nitrogen and oxygen atoms in total. The maximum absolute atomic E-state index is 12.6. The smallest absolute Gasteiger partial charge is 0.416 e. The van der Waals surface area contributed by atoms with Crippen molar-refractivity contribution in [2.24, 2.45) is 0 Å². The van der Waals surface area contributed by atoms with Gasteiger partial charge in [-0.3, -0.25) is 0 Å². The molecule has 0 bridgehead atoms. The molecule has 0 atom stereocenters. The lowest BCUT2D eigenvalue weighted by Crippen LogP contribution is -2.14. The van der Waals surface area contributed by atoms with Crippen LogP contribution in [0.3, 0.4) is 0 Å². The third kappa shape index (κ3) is 3.97. The Morgan fingerprint density at radius 2 is 1.52 bits per heavy atom. The summed E-state index contributed by atoms with van der Waals surface area (Å²) >= 11 is 0. The van der Waals surface area contributed by atoms with Crippen LogP contribution in [0.5, 0.6) is 11.5 Å². The van der Waals surface area contributed by atoms with Crippen LogP contribution in [0.25, 0.3) is 0 Å². The third-order valence-corrected chi connectivity index (χ3v) is 4.08. The van der Waals surface area contributed by atoms with E-state index in [0.717, 1.165) is 18.6 Å². The molecule has 0 spiro atoms. The number of rotatable bonds is 4. The second-order valence-electron chi connectivity index (χ2n) is 6.11. The largest absolute Gasteiger partial charge is 0.455 e. The molecule has 2 aromatic rings. The zero-order valence-electron chi connectivity index (χ0n) is 13.4. The Hall–Kier alpha value is -2.17. The number of nitrogens with two attached hydrogens (primary N) is 1. The van der Waals surface area contributed by atoms with Gasteiger partial charge in [0, 0.05) is 0 Å². The molecule has 2 aromatic carbocycles. The minimum Gasteiger partial charge on any atom is -0.455 e. The molecule has 0 amide bonds. The molecule has 0 fully saturated rings. The predicted octanol–water partition coefficient (Wildman–Crippen LogP) is 5.77. The van der Waals surface area contributed by atoms with Crippen molar-refractivity contribution < 1.29 is 17.9 Å². The average Bonchev–Trinajstić information content (AvgIpc) is 2.49. The number of hydrogen-bond donors (Lipinski definition) is 1. The Balaban J connectivity index is 2.20. The minimum absolute atomic E-state index is 0.0437. The van der Waals surface area contributed by atoms with Crippen LogP contribution in [0.1, 0.15) is 38.3 Å². The summed E-state index contributed by atoms with van der Waals surface area (Å²) < 4.78 is 43.4. The molecule has 0 radical (unpaired) electrons. The van der Waals surface area contributed by atoms with Crippen LogP contribution in [0.2, 0.25) is 0 Å². The lowest BCUT2D eigenvalue weighted by molar-refractivity contribution is -0.137. The van der Waals surface area contributed by atoms with E-state index >= 15 is 0 Å². The zero-order valence-corrected chi connectivity index (χ0v) is 13.4. The summed E-state index contributed by atoms with van der Waals surface area (Å²) in [5.41, 5.74) is 6.06. The Morgan fingerprint density at radius 1 is 0.957 bits per heavy atom. The van der Waals surface area contributed by atoms with Gasteiger partial charge in [0.15, 0.2) is 0 Å². The van der Waals surface area contributed by atoms with Crippen molar-refractivity contribution in [1.82, 2.24) is 0 Å². The van der Waals surface area contributed by atoms with Crippen LogP contribution < -0.4 is 10.5 Å². The van der Waals surface area contributed by atoms with Crippen LogP contribution in [-0.4, -0.2) is 0 Å². The molecule has 0 aliphatic carbocycles. The quantitative estimate of drug-likeness (QED) is 0.725. The minimum atomic E-state index is -4.42. The van der Waals surface area contributed by atoms with Crippen LogP contribution in [-0.2, 0) is 11.6 Å². The SMILES string of the molecule is CCC(C)(C)c1ccc(Oc2ccc(C(F)(F)F)cc2N)cc1. The molecule has 0 aliphatic rings. The molecule has 0 saturated heterocycles. The molecular formula is C18H20F3NO. The first-order valence-electron chi connectivity index (χ1n) is 7.38. The Bertz CT molecular complexity index is 676. The van der Waals surface area contributed by atoms with Crippen molar-refractivity contribution >= 4 is 5.69 Å². The highest BCUT2D eigenvalue weighted by atomic mass is 19.4. The highest BCUT2D eigenvalue weighted by molar-refractivity contribution is 5.56. The van der Waals surface area contributed by atoms with Gasteiger partial charge in [-0.25, -0.2) is 0 Å². The van der Waals surface area contributed by atoms with E-state index in [0.29, 0.717) is 5.75 Å². The van der Waals surface area contributed by atoms with Gasteiger partial charge in [-0.2, -0.15) is 13.2 Å². The van der Waals surface area contributed by atoms with E-state index in [4.69, 9.17) is 10.5 Å². The lowest BCUT2D eigenvalue weighted by Gasteiger charge is -2.23. The molecule has 2 N–H and O–H groups in total. The molecule has 0 aliphatic heterocycles. The molecule has 0 heterocycles. The van der Waals surface area contributed by atoms with Gasteiger partial charge in [0.1, 0.15) is 11.5 Å². The second-order valence-corrected chi connectivity index (χ2v) is 6.11. The van der Waals surface area contributed by atoms with Crippen molar-refractivity contribution in [2.45, 2.75) is 38.8 Å². The van der Waals surface area contributed by atoms with Crippen molar-refractivity contribution in [2.75, 3.05) is 5.73 Å². The molecule has 2 rings (SSSR count). The van der Waals surface area contributed by atoms with E-state index in [1.807, 2.05) is 12.1 Å². The summed E-state index contributed by atoms with van der Waals surface area (Å²) in [6.07, 6.45) is -3.42. The monoisotopic (exact) mass is 323 g/mol. The van der Waals surface area contributed by atoms with E-state index in [2.05, 4.69) is 20.8 Å². The normalized spacial score (nSPS) is 12.3. The molecule has 124 valence electrons. The topological polar surface area (TPSA) is 35.2 Å². The van der Waals surface area contributed by atoms with Crippen molar-refractivity contribution in [3.63, 3.8) is 0 Å². The standard InChI is InChI=1S/C18H20F3NO/c1-4-17(2,3)12-5-8-14(9-6-12)23-16-10-7-13(11-15(16)22)18(19,20)21/h5-11H,4,22H2,1-3H3. The lowest BCUT2D eigenvalue weighted by atomic mass is 9.82. The number of benzene rings is 2.